The van der Waals surface area contributed by atoms with Crippen LogP contribution in [0, 0.1) is 5.82 Å². The fraction of sp³-hybridized carbons (Fsp3) is 0.385. The lowest BCUT2D eigenvalue weighted by Gasteiger charge is -2.29. The van der Waals surface area contributed by atoms with Gasteiger partial charge in [-0.3, -0.25) is 9.59 Å². The first-order valence-electron chi connectivity index (χ1n) is 5.77. The summed E-state index contributed by atoms with van der Waals surface area (Å²) in [4.78, 5) is 24.5. The Hall–Kier alpha value is -1.91. The molecule has 0 radical (unpaired) electrons. The normalized spacial score (nSPS) is 14.3. The third kappa shape index (κ3) is 2.50. The molecule has 1 aromatic carbocycles. The van der Waals surface area contributed by atoms with Crippen LogP contribution in [-0.2, 0) is 20.7 Å². The summed E-state index contributed by atoms with van der Waals surface area (Å²) in [6, 6.07) is 4.34. The lowest BCUT2D eigenvalue weighted by atomic mass is 10.0. The average Bonchev–Trinajstić information content (AvgIpc) is 2.37. The molecule has 0 N–H and O–H groups in total. The molecule has 0 spiro atoms. The SMILES string of the molecule is COC(=O)CCN1C(=O)CCc2cc(F)ccc21. The maximum Gasteiger partial charge on any atom is 0.307 e. The number of rotatable bonds is 3. The Balaban J connectivity index is 2.20. The molecule has 0 unspecified atom stereocenters. The number of carbonyl (C=O) groups excluding carboxylic acids is 2. The van der Waals surface area contributed by atoms with Crippen LogP contribution in [0.15, 0.2) is 18.2 Å². The zero-order valence-electron chi connectivity index (χ0n) is 10.1. The smallest absolute Gasteiger partial charge is 0.307 e. The van der Waals surface area contributed by atoms with Gasteiger partial charge in [-0.15, -0.1) is 0 Å². The topological polar surface area (TPSA) is 46.6 Å². The first-order valence-corrected chi connectivity index (χ1v) is 5.77. The number of carbonyl (C=O) groups is 2. The van der Waals surface area contributed by atoms with E-state index in [0.29, 0.717) is 18.5 Å². The first kappa shape index (κ1) is 12.5. The molecule has 1 amide bonds. The van der Waals surface area contributed by atoms with E-state index in [0.717, 1.165) is 5.56 Å². The van der Waals surface area contributed by atoms with Crippen molar-refractivity contribution >= 4 is 17.6 Å². The predicted molar refractivity (Wildman–Crippen MR) is 63.7 cm³/mol. The second-order valence-corrected chi connectivity index (χ2v) is 4.14. The standard InChI is InChI=1S/C13H14FNO3/c1-18-13(17)6-7-15-11-4-3-10(14)8-9(11)2-5-12(15)16/h3-4,8H,2,5-7H2,1H3. The first-order chi connectivity index (χ1) is 8.61. The van der Waals surface area contributed by atoms with Crippen molar-refractivity contribution in [2.75, 3.05) is 18.6 Å². The number of hydrogen-bond donors (Lipinski definition) is 0. The number of fused-ring (bicyclic) bond motifs is 1. The highest BCUT2D eigenvalue weighted by molar-refractivity contribution is 5.96. The van der Waals surface area contributed by atoms with Crippen LogP contribution in [0.5, 0.6) is 0 Å². The van der Waals surface area contributed by atoms with E-state index >= 15 is 0 Å². The van der Waals surface area contributed by atoms with Gasteiger partial charge in [0.25, 0.3) is 0 Å². The number of amides is 1. The van der Waals surface area contributed by atoms with Gasteiger partial charge in [0.15, 0.2) is 0 Å². The maximum absolute atomic E-state index is 13.1. The Bertz CT molecular complexity index is 487. The molecule has 1 aliphatic heterocycles. The third-order valence-corrected chi connectivity index (χ3v) is 3.01. The lowest BCUT2D eigenvalue weighted by Crippen LogP contribution is -2.36. The summed E-state index contributed by atoms with van der Waals surface area (Å²) in [7, 11) is 1.31. The van der Waals surface area contributed by atoms with Gasteiger partial charge in [-0.05, 0) is 30.2 Å². The van der Waals surface area contributed by atoms with Gasteiger partial charge in [-0.2, -0.15) is 0 Å². The van der Waals surface area contributed by atoms with Gasteiger partial charge >= 0.3 is 5.97 Å². The number of halogens is 1. The van der Waals surface area contributed by atoms with Gasteiger partial charge in [-0.1, -0.05) is 0 Å². The van der Waals surface area contributed by atoms with Crippen LogP contribution >= 0.6 is 0 Å². The van der Waals surface area contributed by atoms with Gasteiger partial charge in [0, 0.05) is 18.7 Å². The van der Waals surface area contributed by atoms with E-state index in [1.807, 2.05) is 0 Å². The van der Waals surface area contributed by atoms with E-state index in [9.17, 15) is 14.0 Å². The number of aryl methyl sites for hydroxylation is 1. The number of esters is 1. The van der Waals surface area contributed by atoms with Crippen LogP contribution in [0.4, 0.5) is 10.1 Å². The highest BCUT2D eigenvalue weighted by Crippen LogP contribution is 2.28. The van der Waals surface area contributed by atoms with Gasteiger partial charge < -0.3 is 9.64 Å². The minimum atomic E-state index is -0.364. The van der Waals surface area contributed by atoms with Crippen molar-refractivity contribution in [1.82, 2.24) is 0 Å². The molecule has 96 valence electrons. The van der Waals surface area contributed by atoms with Gasteiger partial charge in [-0.25, -0.2) is 4.39 Å². The Kier molecular flexibility index (Phi) is 3.60. The minimum absolute atomic E-state index is 0.0435. The highest BCUT2D eigenvalue weighted by atomic mass is 19.1. The largest absolute Gasteiger partial charge is 0.469 e. The Labute approximate surface area is 104 Å². The van der Waals surface area contributed by atoms with Crippen LogP contribution in [0.1, 0.15) is 18.4 Å². The van der Waals surface area contributed by atoms with Crippen LogP contribution in [0.2, 0.25) is 0 Å². The quantitative estimate of drug-likeness (QED) is 0.768. The van der Waals surface area contributed by atoms with Crippen molar-refractivity contribution in [2.45, 2.75) is 19.3 Å². The van der Waals surface area contributed by atoms with Crippen molar-refractivity contribution in [2.24, 2.45) is 0 Å². The molecular formula is C13H14FNO3. The Morgan fingerprint density at radius 2 is 2.22 bits per heavy atom. The maximum atomic E-state index is 13.1. The van der Waals surface area contributed by atoms with Crippen molar-refractivity contribution in [3.63, 3.8) is 0 Å². The zero-order chi connectivity index (χ0) is 13.1. The van der Waals surface area contributed by atoms with Crippen LogP contribution < -0.4 is 4.90 Å². The number of methoxy groups -OCH3 is 1. The van der Waals surface area contributed by atoms with E-state index < -0.39 is 0 Å². The molecule has 0 saturated carbocycles. The number of hydrogen-bond acceptors (Lipinski definition) is 3. The second kappa shape index (κ2) is 5.16. The summed E-state index contributed by atoms with van der Waals surface area (Å²) in [6.07, 6.45) is 1.03. The molecule has 0 fully saturated rings. The molecule has 0 saturated heterocycles. The fourth-order valence-electron chi connectivity index (χ4n) is 2.08. The predicted octanol–water partition coefficient (Wildman–Crippen LogP) is 1.67. The summed E-state index contributed by atoms with van der Waals surface area (Å²) >= 11 is 0. The van der Waals surface area contributed by atoms with Gasteiger partial charge in [0.1, 0.15) is 5.82 Å². The monoisotopic (exact) mass is 251 g/mol. The summed E-state index contributed by atoms with van der Waals surface area (Å²) < 4.78 is 17.7. The lowest BCUT2D eigenvalue weighted by molar-refractivity contribution is -0.140. The van der Waals surface area contributed by atoms with E-state index in [1.54, 1.807) is 6.07 Å². The molecule has 0 atom stereocenters. The number of nitrogens with zero attached hydrogens (tertiary/aromatic N) is 1. The van der Waals surface area contributed by atoms with E-state index in [4.69, 9.17) is 0 Å². The summed E-state index contributed by atoms with van der Waals surface area (Å²) in [5.41, 5.74) is 1.50. The zero-order valence-corrected chi connectivity index (χ0v) is 10.1. The molecule has 0 aliphatic carbocycles. The van der Waals surface area contributed by atoms with Crippen LogP contribution in [0.25, 0.3) is 0 Å². The number of benzene rings is 1. The molecular weight excluding hydrogens is 237 g/mol. The van der Waals surface area contributed by atoms with E-state index in [2.05, 4.69) is 4.74 Å². The summed E-state index contributed by atoms with van der Waals surface area (Å²) in [5.74, 6) is -0.717. The average molecular weight is 251 g/mol. The summed E-state index contributed by atoms with van der Waals surface area (Å²) in [5, 5.41) is 0. The number of anilines is 1. The fourth-order valence-corrected chi connectivity index (χ4v) is 2.08. The van der Waals surface area contributed by atoms with Crippen molar-refractivity contribution in [3.8, 4) is 0 Å². The van der Waals surface area contributed by atoms with Gasteiger partial charge in [0.2, 0.25) is 5.91 Å². The van der Waals surface area contributed by atoms with Crippen molar-refractivity contribution in [1.29, 1.82) is 0 Å². The number of ether oxygens (including phenoxy) is 1. The van der Waals surface area contributed by atoms with Crippen molar-refractivity contribution in [3.05, 3.63) is 29.6 Å². The van der Waals surface area contributed by atoms with Crippen molar-refractivity contribution < 1.29 is 18.7 Å². The molecule has 0 bridgehead atoms. The second-order valence-electron chi connectivity index (χ2n) is 4.14. The van der Waals surface area contributed by atoms with E-state index in [1.165, 1.54) is 24.1 Å². The highest BCUT2D eigenvalue weighted by Gasteiger charge is 2.24. The Morgan fingerprint density at radius 1 is 1.44 bits per heavy atom. The Morgan fingerprint density at radius 3 is 2.94 bits per heavy atom. The van der Waals surface area contributed by atoms with E-state index in [-0.39, 0.29) is 30.7 Å². The third-order valence-electron chi connectivity index (χ3n) is 3.01. The molecule has 1 heterocycles. The molecule has 18 heavy (non-hydrogen) atoms. The minimum Gasteiger partial charge on any atom is -0.469 e. The molecule has 5 heteroatoms. The molecule has 1 aliphatic rings. The van der Waals surface area contributed by atoms with Crippen LogP contribution in [-0.4, -0.2) is 25.5 Å². The summed E-state index contributed by atoms with van der Waals surface area (Å²) in [6.45, 7) is 0.268. The molecule has 2 rings (SSSR count). The van der Waals surface area contributed by atoms with Gasteiger partial charge in [0.05, 0.1) is 13.5 Å². The molecule has 4 nitrogen and oxygen atoms in total. The molecule has 1 aromatic rings. The molecule has 0 aromatic heterocycles. The van der Waals surface area contributed by atoms with Crippen LogP contribution in [0.3, 0.4) is 0 Å².